The number of amides is 1. The molecule has 2 aromatic carbocycles. The lowest BCUT2D eigenvalue weighted by molar-refractivity contribution is -0.143. The smallest absolute Gasteiger partial charge is 0.408 e. The van der Waals surface area contributed by atoms with Crippen molar-refractivity contribution in [1.82, 2.24) is 5.32 Å². The van der Waals surface area contributed by atoms with Gasteiger partial charge in [-0.15, -0.1) is 0 Å². The molecule has 0 spiro atoms. The fraction of sp³-hybridized carbons (Fsp3) is 0.375. The zero-order chi connectivity index (χ0) is 22.8. The number of benzene rings is 2. The van der Waals surface area contributed by atoms with E-state index in [2.05, 4.69) is 5.32 Å². The largest absolute Gasteiger partial charge is 0.481 e. The van der Waals surface area contributed by atoms with Crippen LogP contribution >= 0.6 is 0 Å². The summed E-state index contributed by atoms with van der Waals surface area (Å²) in [5.41, 5.74) is 3.37. The van der Waals surface area contributed by atoms with Crippen molar-refractivity contribution in [3.05, 3.63) is 59.7 Å². The molecule has 0 unspecified atom stereocenters. The van der Waals surface area contributed by atoms with Crippen molar-refractivity contribution in [2.45, 2.75) is 51.2 Å². The van der Waals surface area contributed by atoms with Gasteiger partial charge in [0, 0.05) is 11.8 Å². The first kappa shape index (κ1) is 22.3. The van der Waals surface area contributed by atoms with Gasteiger partial charge in [-0.25, -0.2) is 9.59 Å². The van der Waals surface area contributed by atoms with E-state index in [0.29, 0.717) is 0 Å². The monoisotopic (exact) mass is 425 g/mol. The molecule has 2 atom stereocenters. The van der Waals surface area contributed by atoms with E-state index < -0.39 is 42.0 Å². The molecule has 2 aromatic rings. The van der Waals surface area contributed by atoms with E-state index in [1.165, 1.54) is 0 Å². The van der Waals surface area contributed by atoms with Crippen LogP contribution in [-0.4, -0.2) is 39.9 Å². The first-order chi connectivity index (χ1) is 14.6. The molecule has 0 bridgehead atoms. The summed E-state index contributed by atoms with van der Waals surface area (Å²) in [5.74, 6) is -3.43. The molecular formula is C24H27NO6. The molecule has 7 nitrogen and oxygen atoms in total. The van der Waals surface area contributed by atoms with Gasteiger partial charge >= 0.3 is 18.0 Å². The third-order valence-electron chi connectivity index (χ3n) is 5.35. The van der Waals surface area contributed by atoms with Gasteiger partial charge in [-0.2, -0.15) is 0 Å². The maximum Gasteiger partial charge on any atom is 0.408 e. The number of aliphatic carboxylic acids is 2. The lowest BCUT2D eigenvalue weighted by Crippen LogP contribution is -2.48. The van der Waals surface area contributed by atoms with Crippen LogP contribution in [0, 0.1) is 5.92 Å². The molecule has 0 heterocycles. The van der Waals surface area contributed by atoms with E-state index in [1.807, 2.05) is 48.5 Å². The van der Waals surface area contributed by atoms with Crippen LogP contribution in [0.5, 0.6) is 0 Å². The number of hydrogen-bond donors (Lipinski definition) is 3. The number of ether oxygens (including phenoxy) is 1. The number of rotatable bonds is 7. The van der Waals surface area contributed by atoms with E-state index in [0.717, 1.165) is 22.3 Å². The van der Waals surface area contributed by atoms with Gasteiger partial charge < -0.3 is 20.3 Å². The molecule has 0 aliphatic heterocycles. The number of nitrogens with one attached hydrogen (secondary N) is 1. The fourth-order valence-corrected chi connectivity index (χ4v) is 4.19. The lowest BCUT2D eigenvalue weighted by atomic mass is 9.82. The van der Waals surface area contributed by atoms with Crippen molar-refractivity contribution in [2.24, 2.45) is 5.92 Å². The number of carboxylic acids is 2. The van der Waals surface area contributed by atoms with Crippen LogP contribution in [0.4, 0.5) is 4.79 Å². The van der Waals surface area contributed by atoms with Crippen molar-refractivity contribution >= 4 is 18.0 Å². The van der Waals surface area contributed by atoms with Crippen LogP contribution in [-0.2, 0) is 14.3 Å². The summed E-state index contributed by atoms with van der Waals surface area (Å²) >= 11 is 0. The Morgan fingerprint density at radius 3 is 1.94 bits per heavy atom. The predicted molar refractivity (Wildman–Crippen MR) is 115 cm³/mol. The molecule has 1 amide bonds. The van der Waals surface area contributed by atoms with Gasteiger partial charge in [-0.3, -0.25) is 4.79 Å². The molecule has 0 aromatic heterocycles. The molecule has 0 fully saturated rings. The number of alkyl carbamates (subject to hydrolysis) is 1. The van der Waals surface area contributed by atoms with Gasteiger partial charge in [0.1, 0.15) is 11.6 Å². The Labute approximate surface area is 181 Å². The van der Waals surface area contributed by atoms with Crippen LogP contribution in [0.2, 0.25) is 0 Å². The quantitative estimate of drug-likeness (QED) is 0.611. The molecule has 3 N–H and O–H groups in total. The highest BCUT2D eigenvalue weighted by molar-refractivity contribution is 5.82. The van der Waals surface area contributed by atoms with Crippen LogP contribution < -0.4 is 5.32 Å². The molecule has 3 rings (SSSR count). The Balaban J connectivity index is 1.93. The van der Waals surface area contributed by atoms with E-state index in [1.54, 1.807) is 20.8 Å². The minimum absolute atomic E-state index is 0.168. The average molecular weight is 425 g/mol. The Hall–Kier alpha value is -3.35. The third kappa shape index (κ3) is 5.23. The summed E-state index contributed by atoms with van der Waals surface area (Å²) in [6.07, 6.45) is -1.02. The number of hydrogen-bond acceptors (Lipinski definition) is 4. The predicted octanol–water partition coefficient (Wildman–Crippen LogP) is 4.26. The van der Waals surface area contributed by atoms with Gasteiger partial charge in [-0.05, 0) is 49.4 Å². The van der Waals surface area contributed by atoms with Crippen LogP contribution in [0.1, 0.15) is 50.7 Å². The summed E-state index contributed by atoms with van der Waals surface area (Å²) in [4.78, 5) is 35.9. The maximum absolute atomic E-state index is 12.3. The minimum atomic E-state index is -1.40. The van der Waals surface area contributed by atoms with Gasteiger partial charge in [0.25, 0.3) is 0 Å². The van der Waals surface area contributed by atoms with Gasteiger partial charge in [0.2, 0.25) is 0 Å². The van der Waals surface area contributed by atoms with Crippen LogP contribution in [0.3, 0.4) is 0 Å². The molecule has 7 heteroatoms. The molecule has 31 heavy (non-hydrogen) atoms. The SMILES string of the molecule is CC(C)(C)OC(=O)N[C@H](C(=O)O)[C@@H](CC(=O)O)CC1c2ccccc2-c2ccccc21. The first-order valence-electron chi connectivity index (χ1n) is 10.2. The van der Waals surface area contributed by atoms with Crippen LogP contribution in [0.25, 0.3) is 11.1 Å². The highest BCUT2D eigenvalue weighted by atomic mass is 16.6. The van der Waals surface area contributed by atoms with Crippen molar-refractivity contribution < 1.29 is 29.3 Å². The average Bonchev–Trinajstić information content (AvgIpc) is 2.98. The Kier molecular flexibility index (Phi) is 6.34. The van der Waals surface area contributed by atoms with Crippen molar-refractivity contribution in [2.75, 3.05) is 0 Å². The van der Waals surface area contributed by atoms with Gasteiger partial charge in [-0.1, -0.05) is 48.5 Å². The van der Waals surface area contributed by atoms with Crippen LogP contribution in [0.15, 0.2) is 48.5 Å². The summed E-state index contributed by atoms with van der Waals surface area (Å²) in [6.45, 7) is 5.01. The van der Waals surface area contributed by atoms with Crippen molar-refractivity contribution in [3.63, 3.8) is 0 Å². The standard InChI is InChI=1S/C24H27NO6/c1-24(2,3)31-23(30)25-21(22(28)29)14(13-20(26)27)12-19-17-10-6-4-8-15(17)16-9-5-7-11-18(16)19/h4-11,14,19,21H,12-13H2,1-3H3,(H,25,30)(H,26,27)(H,28,29)/t14-,21+/m1/s1. The van der Waals surface area contributed by atoms with E-state index in [9.17, 15) is 24.6 Å². The second-order valence-electron chi connectivity index (χ2n) is 8.78. The van der Waals surface area contributed by atoms with E-state index in [4.69, 9.17) is 4.74 Å². The second kappa shape index (κ2) is 8.79. The minimum Gasteiger partial charge on any atom is -0.481 e. The summed E-state index contributed by atoms with van der Waals surface area (Å²) in [6, 6.07) is 14.3. The summed E-state index contributed by atoms with van der Waals surface area (Å²) in [5, 5.41) is 21.6. The molecular weight excluding hydrogens is 398 g/mol. The first-order valence-corrected chi connectivity index (χ1v) is 10.2. The third-order valence-corrected chi connectivity index (χ3v) is 5.35. The second-order valence-corrected chi connectivity index (χ2v) is 8.78. The Bertz CT molecular complexity index is 948. The fourth-order valence-electron chi connectivity index (χ4n) is 4.19. The number of fused-ring (bicyclic) bond motifs is 3. The molecule has 1 aliphatic rings. The highest BCUT2D eigenvalue weighted by Crippen LogP contribution is 2.47. The van der Waals surface area contributed by atoms with Crippen molar-refractivity contribution in [1.29, 1.82) is 0 Å². The van der Waals surface area contributed by atoms with Gasteiger partial charge in [0.05, 0.1) is 6.42 Å². The number of carbonyl (C=O) groups excluding carboxylic acids is 1. The molecule has 0 radical (unpaired) electrons. The molecule has 1 aliphatic carbocycles. The molecule has 0 saturated carbocycles. The Morgan fingerprint density at radius 2 is 1.48 bits per heavy atom. The van der Waals surface area contributed by atoms with E-state index in [-0.39, 0.29) is 12.3 Å². The van der Waals surface area contributed by atoms with Crippen molar-refractivity contribution in [3.8, 4) is 11.1 Å². The number of carboxylic acid groups (broad SMARTS) is 2. The normalized spacial score (nSPS) is 14.8. The highest BCUT2D eigenvalue weighted by Gasteiger charge is 2.37. The molecule has 164 valence electrons. The Morgan fingerprint density at radius 1 is 0.968 bits per heavy atom. The number of carbonyl (C=O) groups is 3. The lowest BCUT2D eigenvalue weighted by Gasteiger charge is -2.28. The topological polar surface area (TPSA) is 113 Å². The summed E-state index contributed by atoms with van der Waals surface area (Å²) < 4.78 is 5.20. The zero-order valence-electron chi connectivity index (χ0n) is 17.8. The van der Waals surface area contributed by atoms with E-state index >= 15 is 0 Å². The maximum atomic E-state index is 12.3. The zero-order valence-corrected chi connectivity index (χ0v) is 17.8. The van der Waals surface area contributed by atoms with Gasteiger partial charge in [0.15, 0.2) is 0 Å². The molecule has 0 saturated heterocycles. The summed E-state index contributed by atoms with van der Waals surface area (Å²) in [7, 11) is 0.